The normalized spacial score (nSPS) is 14.7. The quantitative estimate of drug-likeness (QED) is 0.260. The van der Waals surface area contributed by atoms with Crippen molar-refractivity contribution >= 4 is 33.2 Å². The van der Waals surface area contributed by atoms with Gasteiger partial charge in [-0.05, 0) is 68.6 Å². The first-order valence-electron chi connectivity index (χ1n) is 13.3. The molecule has 0 spiro atoms. The second-order valence-corrected chi connectivity index (χ2v) is 9.86. The van der Waals surface area contributed by atoms with Crippen LogP contribution in [0.2, 0.25) is 0 Å². The standard InChI is InChI=1S/C36H24N4/c37-23-24-14-16-27(17-15-24)35-38-34(26-9-2-1-3-10-26)39-36(40-35)31-21-29-12-6-7-13-32(29)33(22-31)30-19-18-25-8-4-5-11-28(25)20-30/h1-22,35H,(H,38,39,40). The van der Waals surface area contributed by atoms with Crippen molar-refractivity contribution in [1.29, 1.82) is 5.26 Å². The molecule has 1 aliphatic heterocycles. The van der Waals surface area contributed by atoms with Crippen LogP contribution in [0, 0.1) is 11.3 Å². The average Bonchev–Trinajstić information content (AvgIpc) is 3.04. The molecule has 0 aliphatic carbocycles. The number of fused-ring (bicyclic) bond motifs is 2. The molecule has 0 amide bonds. The van der Waals surface area contributed by atoms with Gasteiger partial charge in [0.15, 0.2) is 6.17 Å². The topological polar surface area (TPSA) is 60.5 Å². The minimum absolute atomic E-state index is 0.435. The number of hydrogen-bond acceptors (Lipinski definition) is 4. The lowest BCUT2D eigenvalue weighted by Gasteiger charge is -2.23. The molecule has 0 aromatic heterocycles. The second-order valence-electron chi connectivity index (χ2n) is 9.86. The molecule has 4 nitrogen and oxygen atoms in total. The Labute approximate surface area is 232 Å². The van der Waals surface area contributed by atoms with Crippen LogP contribution in [-0.4, -0.2) is 11.7 Å². The minimum atomic E-state index is -0.435. The Morgan fingerprint density at radius 1 is 0.550 bits per heavy atom. The van der Waals surface area contributed by atoms with Gasteiger partial charge < -0.3 is 5.32 Å². The fraction of sp³-hybridized carbons (Fsp3) is 0.0278. The van der Waals surface area contributed by atoms with E-state index >= 15 is 0 Å². The number of hydrogen-bond donors (Lipinski definition) is 1. The minimum Gasteiger partial charge on any atom is -0.324 e. The number of amidine groups is 2. The Bertz CT molecular complexity index is 1980. The van der Waals surface area contributed by atoms with E-state index in [2.05, 4.69) is 90.2 Å². The number of nitrogens with one attached hydrogen (secondary N) is 1. The lowest BCUT2D eigenvalue weighted by Crippen LogP contribution is -2.36. The predicted molar refractivity (Wildman–Crippen MR) is 163 cm³/mol. The van der Waals surface area contributed by atoms with Crippen LogP contribution in [0.4, 0.5) is 0 Å². The van der Waals surface area contributed by atoms with E-state index in [-0.39, 0.29) is 0 Å². The molecule has 7 rings (SSSR count). The van der Waals surface area contributed by atoms with Crippen LogP contribution in [0.5, 0.6) is 0 Å². The Balaban J connectivity index is 1.39. The van der Waals surface area contributed by atoms with Gasteiger partial charge in [0.2, 0.25) is 0 Å². The van der Waals surface area contributed by atoms with Crippen molar-refractivity contribution < 1.29 is 0 Å². The van der Waals surface area contributed by atoms with Crippen molar-refractivity contribution in [3.05, 3.63) is 156 Å². The monoisotopic (exact) mass is 512 g/mol. The first-order chi connectivity index (χ1) is 19.7. The van der Waals surface area contributed by atoms with Gasteiger partial charge in [-0.1, -0.05) is 103 Å². The first-order valence-corrected chi connectivity index (χ1v) is 13.3. The summed E-state index contributed by atoms with van der Waals surface area (Å²) >= 11 is 0. The molecule has 6 aromatic rings. The fourth-order valence-corrected chi connectivity index (χ4v) is 5.26. The molecule has 0 saturated carbocycles. The van der Waals surface area contributed by atoms with E-state index in [9.17, 15) is 5.26 Å². The molecular weight excluding hydrogens is 488 g/mol. The van der Waals surface area contributed by atoms with E-state index in [4.69, 9.17) is 9.98 Å². The summed E-state index contributed by atoms with van der Waals surface area (Å²) in [5, 5.41) is 17.6. The lowest BCUT2D eigenvalue weighted by molar-refractivity contribution is 0.755. The SMILES string of the molecule is N#Cc1ccc(C2N=C(c3ccccc3)NC(c3cc(-c4ccc5ccccc5c4)c4ccccc4c3)=N2)cc1. The summed E-state index contributed by atoms with van der Waals surface area (Å²) in [4.78, 5) is 10.0. The van der Waals surface area contributed by atoms with Gasteiger partial charge in [0.1, 0.15) is 11.7 Å². The summed E-state index contributed by atoms with van der Waals surface area (Å²) in [6.45, 7) is 0. The van der Waals surface area contributed by atoms with Crippen molar-refractivity contribution in [2.75, 3.05) is 0 Å². The summed E-state index contributed by atoms with van der Waals surface area (Å²) in [5.41, 5.74) is 5.84. The molecule has 40 heavy (non-hydrogen) atoms. The number of nitrogens with zero attached hydrogens (tertiary/aromatic N) is 3. The highest BCUT2D eigenvalue weighted by molar-refractivity contribution is 6.17. The fourth-order valence-electron chi connectivity index (χ4n) is 5.26. The zero-order valence-corrected chi connectivity index (χ0v) is 21.6. The maximum absolute atomic E-state index is 9.27. The third kappa shape index (κ3) is 4.40. The molecule has 1 atom stereocenters. The maximum atomic E-state index is 9.27. The van der Waals surface area contributed by atoms with Gasteiger partial charge in [-0.25, -0.2) is 9.98 Å². The zero-order valence-electron chi connectivity index (χ0n) is 21.6. The Morgan fingerprint density at radius 3 is 1.98 bits per heavy atom. The molecule has 1 aliphatic rings. The summed E-state index contributed by atoms with van der Waals surface area (Å²) in [6.07, 6.45) is -0.435. The smallest absolute Gasteiger partial charge is 0.169 e. The van der Waals surface area contributed by atoms with Crippen molar-refractivity contribution in [1.82, 2.24) is 5.32 Å². The third-order valence-electron chi connectivity index (χ3n) is 7.32. The maximum Gasteiger partial charge on any atom is 0.169 e. The number of nitriles is 1. The van der Waals surface area contributed by atoms with Crippen LogP contribution >= 0.6 is 0 Å². The van der Waals surface area contributed by atoms with Gasteiger partial charge in [-0.3, -0.25) is 0 Å². The molecule has 6 aromatic carbocycles. The second kappa shape index (κ2) is 9.98. The van der Waals surface area contributed by atoms with Crippen molar-refractivity contribution in [2.45, 2.75) is 6.17 Å². The highest BCUT2D eigenvalue weighted by Gasteiger charge is 2.21. The number of aliphatic imine (C=N–C) groups is 2. The Morgan fingerprint density at radius 2 is 1.20 bits per heavy atom. The Kier molecular flexibility index (Phi) is 5.88. The van der Waals surface area contributed by atoms with Crippen LogP contribution in [0.15, 0.2) is 143 Å². The molecular formula is C36H24N4. The molecule has 1 unspecified atom stereocenters. The van der Waals surface area contributed by atoms with E-state index < -0.39 is 6.17 Å². The van der Waals surface area contributed by atoms with E-state index in [0.29, 0.717) is 5.56 Å². The van der Waals surface area contributed by atoms with Crippen LogP contribution in [0.25, 0.3) is 32.7 Å². The van der Waals surface area contributed by atoms with Crippen molar-refractivity contribution in [3.8, 4) is 17.2 Å². The molecule has 4 heteroatoms. The molecule has 188 valence electrons. The van der Waals surface area contributed by atoms with Crippen LogP contribution in [0.3, 0.4) is 0 Å². The lowest BCUT2D eigenvalue weighted by atomic mass is 9.93. The molecule has 0 radical (unpaired) electrons. The van der Waals surface area contributed by atoms with Crippen molar-refractivity contribution in [3.63, 3.8) is 0 Å². The number of benzene rings is 6. The largest absolute Gasteiger partial charge is 0.324 e. The van der Waals surface area contributed by atoms with Crippen LogP contribution < -0.4 is 5.32 Å². The molecule has 1 heterocycles. The van der Waals surface area contributed by atoms with Crippen molar-refractivity contribution in [2.24, 2.45) is 9.98 Å². The van der Waals surface area contributed by atoms with Gasteiger partial charge in [0, 0.05) is 11.1 Å². The van der Waals surface area contributed by atoms with Gasteiger partial charge in [0.25, 0.3) is 0 Å². The summed E-state index contributed by atoms with van der Waals surface area (Å²) < 4.78 is 0. The highest BCUT2D eigenvalue weighted by Crippen LogP contribution is 2.33. The number of rotatable bonds is 4. The zero-order chi connectivity index (χ0) is 26.9. The summed E-state index contributed by atoms with van der Waals surface area (Å²) in [5.74, 6) is 1.52. The average molecular weight is 513 g/mol. The summed E-state index contributed by atoms with van der Waals surface area (Å²) in [7, 11) is 0. The van der Waals surface area contributed by atoms with E-state index in [1.54, 1.807) is 0 Å². The van der Waals surface area contributed by atoms with E-state index in [1.165, 1.54) is 16.2 Å². The molecule has 1 N–H and O–H groups in total. The van der Waals surface area contributed by atoms with Gasteiger partial charge in [0.05, 0.1) is 11.6 Å². The Hall–Kier alpha value is -5.53. The third-order valence-corrected chi connectivity index (χ3v) is 7.32. The van der Waals surface area contributed by atoms with E-state index in [0.717, 1.165) is 44.9 Å². The van der Waals surface area contributed by atoms with Crippen LogP contribution in [-0.2, 0) is 0 Å². The summed E-state index contributed by atoms with van der Waals surface area (Å²) in [6, 6.07) is 47.8. The molecule has 0 bridgehead atoms. The van der Waals surface area contributed by atoms with Gasteiger partial charge in [-0.15, -0.1) is 0 Å². The van der Waals surface area contributed by atoms with Gasteiger partial charge >= 0.3 is 0 Å². The first kappa shape index (κ1) is 23.6. The van der Waals surface area contributed by atoms with Gasteiger partial charge in [-0.2, -0.15) is 5.26 Å². The highest BCUT2D eigenvalue weighted by atomic mass is 15.2. The molecule has 0 fully saturated rings. The molecule has 0 saturated heterocycles. The predicted octanol–water partition coefficient (Wildman–Crippen LogP) is 8.03. The van der Waals surface area contributed by atoms with E-state index in [1.807, 2.05) is 54.6 Å². The van der Waals surface area contributed by atoms with Crippen LogP contribution in [0.1, 0.15) is 28.4 Å².